The predicted octanol–water partition coefficient (Wildman–Crippen LogP) is 3.35. The van der Waals surface area contributed by atoms with Gasteiger partial charge in [0.1, 0.15) is 5.82 Å². The second-order valence-electron chi connectivity index (χ2n) is 5.36. The molecular weight excluding hydrogens is 295 g/mol. The SMILES string of the molecule is COCCc1nc(C2CC2)nn1-c1ccc(C(F)(F)F)cc1. The van der Waals surface area contributed by atoms with E-state index in [4.69, 9.17) is 4.74 Å². The number of rotatable bonds is 5. The van der Waals surface area contributed by atoms with Crippen LogP contribution in [-0.2, 0) is 17.3 Å². The summed E-state index contributed by atoms with van der Waals surface area (Å²) in [5, 5.41) is 4.46. The molecule has 1 heterocycles. The number of methoxy groups -OCH3 is 1. The van der Waals surface area contributed by atoms with Gasteiger partial charge in [0.2, 0.25) is 0 Å². The van der Waals surface area contributed by atoms with E-state index in [-0.39, 0.29) is 0 Å². The van der Waals surface area contributed by atoms with Gasteiger partial charge in [-0.1, -0.05) is 0 Å². The van der Waals surface area contributed by atoms with Gasteiger partial charge < -0.3 is 4.74 Å². The lowest BCUT2D eigenvalue weighted by Gasteiger charge is -2.09. The Morgan fingerprint density at radius 2 is 1.91 bits per heavy atom. The van der Waals surface area contributed by atoms with Crippen molar-refractivity contribution in [2.75, 3.05) is 13.7 Å². The molecule has 0 bridgehead atoms. The van der Waals surface area contributed by atoms with E-state index in [1.165, 1.54) is 12.1 Å². The van der Waals surface area contributed by atoms with Crippen LogP contribution in [0.2, 0.25) is 0 Å². The minimum atomic E-state index is -4.33. The molecule has 22 heavy (non-hydrogen) atoms. The number of aromatic nitrogens is 3. The Labute approximate surface area is 125 Å². The van der Waals surface area contributed by atoms with Crippen molar-refractivity contribution in [2.45, 2.75) is 31.4 Å². The normalized spacial score (nSPS) is 15.3. The van der Waals surface area contributed by atoms with Crippen molar-refractivity contribution in [1.82, 2.24) is 14.8 Å². The summed E-state index contributed by atoms with van der Waals surface area (Å²) >= 11 is 0. The minimum absolute atomic E-state index is 0.386. The van der Waals surface area contributed by atoms with Gasteiger partial charge in [0.15, 0.2) is 5.82 Å². The van der Waals surface area contributed by atoms with Crippen LogP contribution in [0.15, 0.2) is 24.3 Å². The zero-order valence-corrected chi connectivity index (χ0v) is 12.1. The van der Waals surface area contributed by atoms with Gasteiger partial charge >= 0.3 is 6.18 Å². The van der Waals surface area contributed by atoms with Crippen LogP contribution >= 0.6 is 0 Å². The van der Waals surface area contributed by atoms with E-state index in [1.807, 2.05) is 0 Å². The molecule has 0 unspecified atom stereocenters. The fourth-order valence-corrected chi connectivity index (χ4v) is 2.23. The third kappa shape index (κ3) is 3.14. The van der Waals surface area contributed by atoms with E-state index in [9.17, 15) is 13.2 Å². The fraction of sp³-hybridized carbons (Fsp3) is 0.467. The third-order valence-electron chi connectivity index (χ3n) is 3.60. The first-order valence-corrected chi connectivity index (χ1v) is 7.11. The van der Waals surface area contributed by atoms with E-state index < -0.39 is 11.7 Å². The number of benzene rings is 1. The lowest BCUT2D eigenvalue weighted by atomic mass is 10.2. The van der Waals surface area contributed by atoms with Gasteiger partial charge in [0, 0.05) is 19.4 Å². The van der Waals surface area contributed by atoms with Crippen LogP contribution in [0.1, 0.15) is 36.0 Å². The number of nitrogens with zero attached hydrogens (tertiary/aromatic N) is 3. The second-order valence-corrected chi connectivity index (χ2v) is 5.36. The van der Waals surface area contributed by atoms with Gasteiger partial charge in [-0.3, -0.25) is 0 Å². The molecule has 3 rings (SSSR count). The van der Waals surface area contributed by atoms with Crippen molar-refractivity contribution in [2.24, 2.45) is 0 Å². The van der Waals surface area contributed by atoms with Gasteiger partial charge in [0.25, 0.3) is 0 Å². The number of ether oxygens (including phenoxy) is 1. The van der Waals surface area contributed by atoms with Gasteiger partial charge in [-0.2, -0.15) is 18.3 Å². The smallest absolute Gasteiger partial charge is 0.384 e. The molecule has 0 atom stereocenters. The summed E-state index contributed by atoms with van der Waals surface area (Å²) in [6.45, 7) is 0.490. The molecule has 0 saturated heterocycles. The molecule has 0 aliphatic heterocycles. The molecule has 1 aromatic carbocycles. The Morgan fingerprint density at radius 3 is 2.45 bits per heavy atom. The highest BCUT2D eigenvalue weighted by Crippen LogP contribution is 2.38. The molecule has 4 nitrogen and oxygen atoms in total. The van der Waals surface area contributed by atoms with E-state index in [0.29, 0.717) is 30.5 Å². The molecule has 0 spiro atoms. The molecule has 7 heteroatoms. The van der Waals surface area contributed by atoms with Gasteiger partial charge in [-0.25, -0.2) is 9.67 Å². The Bertz CT molecular complexity index is 645. The Kier molecular flexibility index (Phi) is 3.90. The maximum Gasteiger partial charge on any atom is 0.416 e. The second kappa shape index (κ2) is 5.72. The summed E-state index contributed by atoms with van der Waals surface area (Å²) in [5.74, 6) is 1.87. The van der Waals surface area contributed by atoms with E-state index >= 15 is 0 Å². The molecule has 118 valence electrons. The van der Waals surface area contributed by atoms with Crippen molar-refractivity contribution < 1.29 is 17.9 Å². The average molecular weight is 311 g/mol. The summed E-state index contributed by atoms with van der Waals surface area (Å²) in [7, 11) is 1.60. The molecule has 1 saturated carbocycles. The zero-order valence-electron chi connectivity index (χ0n) is 12.1. The topological polar surface area (TPSA) is 39.9 Å². The van der Waals surface area contributed by atoms with E-state index in [0.717, 1.165) is 30.8 Å². The molecule has 2 aromatic rings. The molecular formula is C15H16F3N3O. The first-order chi connectivity index (χ1) is 10.5. The zero-order chi connectivity index (χ0) is 15.7. The standard InChI is InChI=1S/C15H16F3N3O/c1-22-9-8-13-19-14(10-2-3-10)20-21(13)12-6-4-11(5-7-12)15(16,17)18/h4-7,10H,2-3,8-9H2,1H3. The molecule has 0 amide bonds. The summed E-state index contributed by atoms with van der Waals surface area (Å²) in [6.07, 6.45) is -1.63. The van der Waals surface area contributed by atoms with Crippen molar-refractivity contribution in [1.29, 1.82) is 0 Å². The monoisotopic (exact) mass is 311 g/mol. The third-order valence-corrected chi connectivity index (χ3v) is 3.60. The van der Waals surface area contributed by atoms with Crippen molar-refractivity contribution >= 4 is 0 Å². The van der Waals surface area contributed by atoms with Crippen LogP contribution in [0.25, 0.3) is 5.69 Å². The number of halogens is 3. The summed E-state index contributed by atoms with van der Waals surface area (Å²) in [4.78, 5) is 4.51. The highest BCUT2D eigenvalue weighted by Gasteiger charge is 2.31. The minimum Gasteiger partial charge on any atom is -0.384 e. The highest BCUT2D eigenvalue weighted by molar-refractivity contribution is 5.36. The molecule has 1 aliphatic carbocycles. The molecule has 0 radical (unpaired) electrons. The summed E-state index contributed by atoms with van der Waals surface area (Å²) in [6, 6.07) is 4.97. The highest BCUT2D eigenvalue weighted by atomic mass is 19.4. The maximum absolute atomic E-state index is 12.6. The van der Waals surface area contributed by atoms with Gasteiger partial charge in [-0.05, 0) is 37.1 Å². The van der Waals surface area contributed by atoms with Crippen molar-refractivity contribution in [3.05, 3.63) is 41.5 Å². The van der Waals surface area contributed by atoms with Crippen molar-refractivity contribution in [3.63, 3.8) is 0 Å². The van der Waals surface area contributed by atoms with Crippen LogP contribution < -0.4 is 0 Å². The van der Waals surface area contributed by atoms with E-state index in [1.54, 1.807) is 11.8 Å². The van der Waals surface area contributed by atoms with Crippen LogP contribution in [0.5, 0.6) is 0 Å². The Morgan fingerprint density at radius 1 is 1.23 bits per heavy atom. The van der Waals surface area contributed by atoms with Crippen LogP contribution in [0, 0.1) is 0 Å². The lowest BCUT2D eigenvalue weighted by Crippen LogP contribution is -2.08. The number of hydrogen-bond donors (Lipinski definition) is 0. The first kappa shape index (κ1) is 15.0. The summed E-state index contributed by atoms with van der Waals surface area (Å²) < 4.78 is 44.6. The van der Waals surface area contributed by atoms with E-state index in [2.05, 4.69) is 10.1 Å². The maximum atomic E-state index is 12.6. The molecule has 0 N–H and O–H groups in total. The Hall–Kier alpha value is -1.89. The molecule has 1 fully saturated rings. The predicted molar refractivity (Wildman–Crippen MR) is 73.9 cm³/mol. The Balaban J connectivity index is 1.92. The lowest BCUT2D eigenvalue weighted by molar-refractivity contribution is -0.137. The molecule has 1 aromatic heterocycles. The largest absolute Gasteiger partial charge is 0.416 e. The number of hydrogen-bond acceptors (Lipinski definition) is 3. The molecule has 1 aliphatic rings. The quantitative estimate of drug-likeness (QED) is 0.850. The first-order valence-electron chi connectivity index (χ1n) is 7.11. The van der Waals surface area contributed by atoms with Crippen LogP contribution in [0.3, 0.4) is 0 Å². The fourth-order valence-electron chi connectivity index (χ4n) is 2.23. The van der Waals surface area contributed by atoms with Crippen molar-refractivity contribution in [3.8, 4) is 5.69 Å². The number of alkyl halides is 3. The van der Waals surface area contributed by atoms with Gasteiger partial charge in [0.05, 0.1) is 17.9 Å². The average Bonchev–Trinajstić information content (AvgIpc) is 3.25. The van der Waals surface area contributed by atoms with Crippen LogP contribution in [0.4, 0.5) is 13.2 Å². The van der Waals surface area contributed by atoms with Crippen LogP contribution in [-0.4, -0.2) is 28.5 Å². The van der Waals surface area contributed by atoms with Gasteiger partial charge in [-0.15, -0.1) is 0 Å². The summed E-state index contributed by atoms with van der Waals surface area (Å²) in [5.41, 5.74) is -0.0873.